The maximum Gasteiger partial charge on any atom is 0.342 e. The molecule has 0 amide bonds. The Bertz CT molecular complexity index is 1140. The van der Waals surface area contributed by atoms with E-state index in [1.165, 1.54) is 0 Å². The number of rotatable bonds is 4. The highest BCUT2D eigenvalue weighted by atomic mass is 32.2. The van der Waals surface area contributed by atoms with Gasteiger partial charge in [-0.25, -0.2) is 13.2 Å². The molecule has 1 atom stereocenters. The summed E-state index contributed by atoms with van der Waals surface area (Å²) >= 11 is 0. The molecule has 2 N–H and O–H groups in total. The molecule has 3 aromatic carbocycles. The van der Waals surface area contributed by atoms with Gasteiger partial charge in [0.15, 0.2) is 0 Å². The van der Waals surface area contributed by atoms with E-state index in [0.717, 1.165) is 5.56 Å². The first-order valence-electron chi connectivity index (χ1n) is 8.69. The Morgan fingerprint density at radius 3 is 2.39 bits per heavy atom. The normalized spacial score (nSPS) is 15.9. The molecular formula is C21H18N2O4S. The summed E-state index contributed by atoms with van der Waals surface area (Å²) in [5.41, 5.74) is 2.90. The van der Waals surface area contributed by atoms with Crippen molar-refractivity contribution in [2.24, 2.45) is 0 Å². The minimum Gasteiger partial charge on any atom is -0.434 e. The summed E-state index contributed by atoms with van der Waals surface area (Å²) in [7, 11) is -3.78. The number of hydrogen-bond donors (Lipinski definition) is 2. The van der Waals surface area contributed by atoms with Gasteiger partial charge in [0.2, 0.25) is 6.23 Å². The average Bonchev–Trinajstić information content (AvgIpc) is 2.68. The van der Waals surface area contributed by atoms with E-state index in [2.05, 4.69) is 10.0 Å². The average molecular weight is 394 g/mol. The zero-order valence-corrected chi connectivity index (χ0v) is 15.9. The first-order chi connectivity index (χ1) is 13.4. The number of sulfonamides is 1. The number of hydrogen-bond acceptors (Lipinski definition) is 5. The molecule has 0 aliphatic carbocycles. The van der Waals surface area contributed by atoms with E-state index in [1.807, 2.05) is 13.0 Å². The van der Waals surface area contributed by atoms with Gasteiger partial charge in [-0.1, -0.05) is 48.0 Å². The van der Waals surface area contributed by atoms with Gasteiger partial charge in [-0.2, -0.15) is 0 Å². The fourth-order valence-corrected chi connectivity index (χ4v) is 4.10. The third-order valence-corrected chi connectivity index (χ3v) is 5.86. The van der Waals surface area contributed by atoms with E-state index in [-0.39, 0.29) is 4.90 Å². The Morgan fingerprint density at radius 1 is 0.929 bits per heavy atom. The summed E-state index contributed by atoms with van der Waals surface area (Å²) in [6.45, 7) is 1.89. The molecule has 1 heterocycles. The van der Waals surface area contributed by atoms with Crippen LogP contribution in [0.4, 0.5) is 11.4 Å². The lowest BCUT2D eigenvalue weighted by Gasteiger charge is -2.28. The molecule has 7 heteroatoms. The molecule has 1 aliphatic rings. The van der Waals surface area contributed by atoms with Crippen LogP contribution >= 0.6 is 0 Å². The number of cyclic esters (lactones) is 1. The standard InChI is InChI=1S/C21H18N2O4S/c1-14-10-12-15(13-11-14)28(25,26)23-19-9-5-2-6-16(19)20-22-18-8-4-3-7-17(18)21(24)27-20/h2-13,20,22-23H,1H3/t20-/m1/s1. The van der Waals surface area contributed by atoms with E-state index >= 15 is 0 Å². The number of para-hydroxylation sites is 2. The van der Waals surface area contributed by atoms with Crippen LogP contribution in [-0.2, 0) is 14.8 Å². The topological polar surface area (TPSA) is 84.5 Å². The van der Waals surface area contributed by atoms with E-state index in [4.69, 9.17) is 4.74 Å². The van der Waals surface area contributed by atoms with Crippen molar-refractivity contribution in [3.63, 3.8) is 0 Å². The maximum atomic E-state index is 12.8. The molecule has 0 radical (unpaired) electrons. The molecule has 3 aromatic rings. The number of fused-ring (bicyclic) bond motifs is 1. The van der Waals surface area contributed by atoms with Crippen LogP contribution in [0.3, 0.4) is 0 Å². The molecule has 0 saturated heterocycles. The lowest BCUT2D eigenvalue weighted by Crippen LogP contribution is -2.26. The van der Waals surface area contributed by atoms with Gasteiger partial charge in [-0.05, 0) is 37.3 Å². The number of nitrogens with one attached hydrogen (secondary N) is 2. The molecule has 0 saturated carbocycles. The smallest absolute Gasteiger partial charge is 0.342 e. The second-order valence-corrected chi connectivity index (χ2v) is 8.16. The molecule has 28 heavy (non-hydrogen) atoms. The van der Waals surface area contributed by atoms with Gasteiger partial charge in [0.1, 0.15) is 0 Å². The highest BCUT2D eigenvalue weighted by Gasteiger charge is 2.29. The molecule has 4 rings (SSSR count). The largest absolute Gasteiger partial charge is 0.434 e. The summed E-state index contributed by atoms with van der Waals surface area (Å²) in [5.74, 6) is -0.462. The maximum absolute atomic E-state index is 12.8. The first kappa shape index (κ1) is 18.1. The third-order valence-electron chi connectivity index (χ3n) is 4.48. The SMILES string of the molecule is Cc1ccc(S(=O)(=O)Nc2ccccc2[C@@H]2Nc3ccccc3C(=O)O2)cc1. The Hall–Kier alpha value is -3.32. The minimum atomic E-state index is -3.78. The number of ether oxygens (including phenoxy) is 1. The summed E-state index contributed by atoms with van der Waals surface area (Å²) in [6.07, 6.45) is -0.806. The predicted octanol–water partition coefficient (Wildman–Crippen LogP) is 4.08. The summed E-state index contributed by atoms with van der Waals surface area (Å²) < 4.78 is 33.6. The van der Waals surface area contributed by atoms with Crippen molar-refractivity contribution in [2.75, 3.05) is 10.0 Å². The van der Waals surface area contributed by atoms with Gasteiger partial charge in [0.05, 0.1) is 21.8 Å². The highest BCUT2D eigenvalue weighted by molar-refractivity contribution is 7.92. The van der Waals surface area contributed by atoms with Crippen LogP contribution in [0.5, 0.6) is 0 Å². The van der Waals surface area contributed by atoms with Gasteiger partial charge >= 0.3 is 5.97 Å². The van der Waals surface area contributed by atoms with Gasteiger partial charge in [-0.3, -0.25) is 4.72 Å². The van der Waals surface area contributed by atoms with Crippen molar-refractivity contribution < 1.29 is 17.9 Å². The Morgan fingerprint density at radius 2 is 1.61 bits per heavy atom. The molecule has 0 fully saturated rings. The predicted molar refractivity (Wildman–Crippen MR) is 107 cm³/mol. The van der Waals surface area contributed by atoms with E-state index in [9.17, 15) is 13.2 Å². The van der Waals surface area contributed by atoms with Crippen LogP contribution in [0.15, 0.2) is 77.7 Å². The fraction of sp³-hybridized carbons (Fsp3) is 0.0952. The van der Waals surface area contributed by atoms with E-state index < -0.39 is 22.2 Å². The lowest BCUT2D eigenvalue weighted by molar-refractivity contribution is 0.0332. The van der Waals surface area contributed by atoms with Crippen LogP contribution in [0.25, 0.3) is 0 Å². The number of carbonyl (C=O) groups is 1. The third kappa shape index (κ3) is 3.44. The second-order valence-electron chi connectivity index (χ2n) is 6.48. The van der Waals surface area contributed by atoms with Gasteiger partial charge in [-0.15, -0.1) is 0 Å². The van der Waals surface area contributed by atoms with Crippen LogP contribution < -0.4 is 10.0 Å². The fourth-order valence-electron chi connectivity index (χ4n) is 3.01. The Kier molecular flexibility index (Phi) is 4.52. The number of aryl methyl sites for hydroxylation is 1. The molecule has 0 spiro atoms. The summed E-state index contributed by atoms with van der Waals surface area (Å²) in [6, 6.07) is 20.4. The van der Waals surface area contributed by atoms with Crippen LogP contribution in [0, 0.1) is 6.92 Å². The van der Waals surface area contributed by atoms with Crippen LogP contribution in [0.1, 0.15) is 27.7 Å². The van der Waals surface area contributed by atoms with E-state index in [0.29, 0.717) is 22.5 Å². The highest BCUT2D eigenvalue weighted by Crippen LogP contribution is 2.34. The van der Waals surface area contributed by atoms with Crippen molar-refractivity contribution >= 4 is 27.4 Å². The zero-order valence-electron chi connectivity index (χ0n) is 15.0. The van der Waals surface area contributed by atoms with Crippen molar-refractivity contribution in [1.29, 1.82) is 0 Å². The van der Waals surface area contributed by atoms with Gasteiger partial charge < -0.3 is 10.1 Å². The molecule has 6 nitrogen and oxygen atoms in total. The lowest BCUT2D eigenvalue weighted by atomic mass is 10.1. The summed E-state index contributed by atoms with van der Waals surface area (Å²) in [5, 5.41) is 3.14. The van der Waals surface area contributed by atoms with Gasteiger partial charge in [0, 0.05) is 5.56 Å². The van der Waals surface area contributed by atoms with E-state index in [1.54, 1.807) is 66.7 Å². The monoisotopic (exact) mass is 394 g/mol. The van der Waals surface area contributed by atoms with Crippen molar-refractivity contribution in [3.8, 4) is 0 Å². The zero-order chi connectivity index (χ0) is 19.7. The molecular weight excluding hydrogens is 376 g/mol. The second kappa shape index (κ2) is 7.01. The van der Waals surface area contributed by atoms with Crippen LogP contribution in [-0.4, -0.2) is 14.4 Å². The Balaban J connectivity index is 1.67. The number of anilines is 2. The molecule has 1 aliphatic heterocycles. The quantitative estimate of drug-likeness (QED) is 0.652. The Labute approximate surface area is 163 Å². The molecule has 0 aromatic heterocycles. The minimum absolute atomic E-state index is 0.159. The number of esters is 1. The van der Waals surface area contributed by atoms with Crippen molar-refractivity contribution in [3.05, 3.63) is 89.5 Å². The van der Waals surface area contributed by atoms with Crippen molar-refractivity contribution in [2.45, 2.75) is 18.0 Å². The number of benzene rings is 3. The van der Waals surface area contributed by atoms with Crippen LogP contribution in [0.2, 0.25) is 0 Å². The molecule has 0 bridgehead atoms. The molecule has 0 unspecified atom stereocenters. The summed E-state index contributed by atoms with van der Waals surface area (Å²) in [4.78, 5) is 12.5. The first-order valence-corrected chi connectivity index (χ1v) is 10.2. The number of carbonyl (C=O) groups excluding carboxylic acids is 1. The van der Waals surface area contributed by atoms with Gasteiger partial charge in [0.25, 0.3) is 10.0 Å². The van der Waals surface area contributed by atoms with Crippen molar-refractivity contribution in [1.82, 2.24) is 0 Å². The molecule has 142 valence electrons.